The summed E-state index contributed by atoms with van der Waals surface area (Å²) in [6, 6.07) is 2.30. The van der Waals surface area contributed by atoms with Gasteiger partial charge in [0.2, 0.25) is 0 Å². The third-order valence-electron chi connectivity index (χ3n) is 2.55. The fourth-order valence-corrected chi connectivity index (χ4v) is 1.87. The molecular formula is C10H20LrN-. The van der Waals surface area contributed by atoms with E-state index in [4.69, 9.17) is 0 Å². The van der Waals surface area contributed by atoms with E-state index >= 15 is 0 Å². The standard InChI is InChI=1S/C10H20N.Lr/c1-9(2)11-8-6-4-5-7-10(11)3;/h9H,4-8H2,1-3H3;/q-1;. The molecule has 1 aliphatic rings. The first-order valence-corrected chi connectivity index (χ1v) is 4.81. The van der Waals surface area contributed by atoms with Crippen LogP contribution in [0.5, 0.6) is 0 Å². The summed E-state index contributed by atoms with van der Waals surface area (Å²) in [6.07, 6.45) is 5.52. The SMILES string of the molecule is C[C-]1CCCCCN1C(C)C.[Lr]. The third-order valence-corrected chi connectivity index (χ3v) is 2.55. The molecule has 1 fully saturated rings. The number of hydrogen-bond acceptors (Lipinski definition) is 1. The Morgan fingerprint density at radius 1 is 1.17 bits per heavy atom. The van der Waals surface area contributed by atoms with Crippen molar-refractivity contribution in [1.29, 1.82) is 0 Å². The van der Waals surface area contributed by atoms with E-state index in [1.807, 2.05) is 0 Å². The molecule has 0 aromatic rings. The van der Waals surface area contributed by atoms with Crippen molar-refractivity contribution in [1.82, 2.24) is 4.90 Å². The molecule has 12 heavy (non-hydrogen) atoms. The van der Waals surface area contributed by atoms with Gasteiger partial charge in [0.05, 0.1) is 0 Å². The second-order valence-electron chi connectivity index (χ2n) is 3.83. The topological polar surface area (TPSA) is 3.24 Å². The molecule has 0 aromatic carbocycles. The fraction of sp³-hybridized carbons (Fsp3) is 0.900. The molecule has 0 aliphatic carbocycles. The maximum absolute atomic E-state index is 2.55. The molecule has 1 saturated heterocycles. The zero-order chi connectivity index (χ0) is 8.27. The number of hydrogen-bond donors (Lipinski definition) is 0. The molecule has 1 nitrogen and oxygen atoms in total. The second-order valence-corrected chi connectivity index (χ2v) is 3.83. The van der Waals surface area contributed by atoms with E-state index in [1.54, 1.807) is 6.04 Å². The van der Waals surface area contributed by atoms with Gasteiger partial charge in [0.25, 0.3) is 0 Å². The van der Waals surface area contributed by atoms with Crippen LogP contribution < -0.4 is 0 Å². The first-order valence-electron chi connectivity index (χ1n) is 4.81. The first kappa shape index (κ1) is 11.0. The van der Waals surface area contributed by atoms with E-state index < -0.39 is 0 Å². The van der Waals surface area contributed by atoms with E-state index in [0.717, 1.165) is 0 Å². The minimum atomic E-state index is 0. The van der Waals surface area contributed by atoms with Crippen molar-refractivity contribution < 1.29 is 0 Å². The molecule has 0 aromatic heterocycles. The molecule has 0 amide bonds. The van der Waals surface area contributed by atoms with Gasteiger partial charge in [-0.15, -0.1) is 0 Å². The predicted octanol–water partition coefficient (Wildman–Crippen LogP) is 2.82. The molecule has 1 heterocycles. The van der Waals surface area contributed by atoms with Crippen molar-refractivity contribution in [3.05, 3.63) is 6.04 Å². The van der Waals surface area contributed by atoms with Crippen LogP contribution >= 0.6 is 0 Å². The number of nitrogens with zero attached hydrogens (tertiary/aromatic N) is 1. The molecule has 1 rings (SSSR count). The zero-order valence-electron chi connectivity index (χ0n) is 8.32. The van der Waals surface area contributed by atoms with Gasteiger partial charge in [0.1, 0.15) is 0 Å². The van der Waals surface area contributed by atoms with E-state index in [-0.39, 0.29) is 0 Å². The van der Waals surface area contributed by atoms with Crippen molar-refractivity contribution >= 4 is 0 Å². The molecule has 81 valence electrons. The molecule has 0 N–H and O–H groups in total. The molecule has 0 saturated carbocycles. The van der Waals surface area contributed by atoms with Gasteiger partial charge in [-0.25, -0.2) is 0 Å². The van der Waals surface area contributed by atoms with Crippen LogP contribution in [0, 0.1) is 6.04 Å². The summed E-state index contributed by atoms with van der Waals surface area (Å²) in [5.41, 5.74) is 0. The van der Waals surface area contributed by atoms with Crippen molar-refractivity contribution in [2.75, 3.05) is 6.54 Å². The molecule has 0 bridgehead atoms. The van der Waals surface area contributed by atoms with Crippen molar-refractivity contribution in [3.8, 4) is 0 Å². The summed E-state index contributed by atoms with van der Waals surface area (Å²) in [7, 11) is 0. The zero-order valence-corrected chi connectivity index (χ0v) is 10.5. The van der Waals surface area contributed by atoms with Gasteiger partial charge in [0, 0.05) is 0 Å². The summed E-state index contributed by atoms with van der Waals surface area (Å²) in [5, 5.41) is 0. The van der Waals surface area contributed by atoms with E-state index in [0.29, 0.717) is 6.04 Å². The smallest absolute Gasteiger partial charge is 0 e. The quantitative estimate of drug-likeness (QED) is 0.595. The Bertz CT molecular complexity index is 114. The molecule has 1 radical (unpaired) electrons. The van der Waals surface area contributed by atoms with Gasteiger partial charge in [-0.1, -0.05) is 26.7 Å². The Labute approximate surface area is 70.8 Å². The summed E-state index contributed by atoms with van der Waals surface area (Å²) in [5.74, 6) is 0. The van der Waals surface area contributed by atoms with Crippen LogP contribution in [0.3, 0.4) is 0 Å². The predicted molar refractivity (Wildman–Crippen MR) is 49.2 cm³/mol. The average Bonchev–Trinajstić information content (AvgIpc) is 2.13. The summed E-state index contributed by atoms with van der Waals surface area (Å²) in [4.78, 5) is 2.55. The minimum absolute atomic E-state index is 0. The van der Waals surface area contributed by atoms with Crippen molar-refractivity contribution in [2.24, 2.45) is 0 Å². The Morgan fingerprint density at radius 3 is 2.42 bits per heavy atom. The fourth-order valence-electron chi connectivity index (χ4n) is 1.87. The minimum Gasteiger partial charge on any atom is -0.452 e. The number of likely N-dealkylation sites (tertiary alicyclic amines) is 1. The normalized spacial score (nSPS) is 22.0. The Morgan fingerprint density at radius 2 is 1.83 bits per heavy atom. The summed E-state index contributed by atoms with van der Waals surface area (Å²) >= 11 is 0. The van der Waals surface area contributed by atoms with Gasteiger partial charge < -0.3 is 4.90 Å². The number of rotatable bonds is 1. The van der Waals surface area contributed by atoms with Crippen LogP contribution in [0.1, 0.15) is 46.5 Å². The van der Waals surface area contributed by atoms with Gasteiger partial charge >= 0.3 is 0 Å². The third kappa shape index (κ3) is 2.54. The van der Waals surface area contributed by atoms with Crippen LogP contribution in [-0.4, -0.2) is 17.5 Å². The average molecular weight is 416 g/mol. The van der Waals surface area contributed by atoms with Gasteiger partial charge in [-0.05, 0) is 19.0 Å². The monoisotopic (exact) mass is 416 g/mol. The van der Waals surface area contributed by atoms with Crippen molar-refractivity contribution in [3.63, 3.8) is 0 Å². The summed E-state index contributed by atoms with van der Waals surface area (Å²) < 4.78 is 0. The van der Waals surface area contributed by atoms with Crippen molar-refractivity contribution in [2.45, 2.75) is 52.5 Å². The maximum atomic E-state index is 2.55. The molecule has 0 unspecified atom stereocenters. The Hall–Kier alpha value is -1.04. The molecular weight excluding hydrogens is 396 g/mol. The first-order chi connectivity index (χ1) is 5.22. The van der Waals surface area contributed by atoms with Crippen LogP contribution in [0.15, 0.2) is 0 Å². The van der Waals surface area contributed by atoms with Crippen LogP contribution in [0.2, 0.25) is 0 Å². The van der Waals surface area contributed by atoms with E-state index in [2.05, 4.69) is 25.7 Å². The Balaban J connectivity index is 0.00000121. The Kier molecular flexibility index (Phi) is 4.35. The van der Waals surface area contributed by atoms with Crippen LogP contribution in [0.4, 0.5) is 0 Å². The maximum Gasteiger partial charge on any atom is 0 e. The van der Waals surface area contributed by atoms with Crippen LogP contribution in [-0.2, 0) is 0 Å². The molecule has 0 atom stereocenters. The van der Waals surface area contributed by atoms with E-state index in [1.165, 1.54) is 32.2 Å². The second kappa shape index (κ2) is 4.76. The largest absolute Gasteiger partial charge is 0.452 e. The molecule has 2 heteroatoms. The van der Waals surface area contributed by atoms with Crippen LogP contribution in [0.25, 0.3) is 0 Å². The summed E-state index contributed by atoms with van der Waals surface area (Å²) in [6.45, 7) is 8.14. The van der Waals surface area contributed by atoms with Gasteiger partial charge in [-0.3, -0.25) is 6.04 Å². The molecule has 0 spiro atoms. The van der Waals surface area contributed by atoms with Gasteiger partial charge in [-0.2, -0.15) is 13.3 Å². The van der Waals surface area contributed by atoms with Gasteiger partial charge in [0.15, 0.2) is 0 Å². The molecule has 1 aliphatic heterocycles. The van der Waals surface area contributed by atoms with E-state index in [9.17, 15) is 0 Å².